The minimum Gasteiger partial charge on any atom is -0.456 e. The van der Waals surface area contributed by atoms with Crippen LogP contribution in [0.15, 0.2) is 35.4 Å². The van der Waals surface area contributed by atoms with E-state index in [9.17, 15) is 47.4 Å². The number of carbonyl (C=O) groups is 6. The van der Waals surface area contributed by atoms with Crippen LogP contribution in [-0.4, -0.2) is 127 Å². The third-order valence-corrected chi connectivity index (χ3v) is 20.6. The first kappa shape index (κ1) is 57.7. The number of esters is 4. The number of ether oxygens (including phenoxy) is 7. The van der Waals surface area contributed by atoms with E-state index in [-0.39, 0.29) is 36.5 Å². The van der Waals surface area contributed by atoms with Crippen LogP contribution in [0.1, 0.15) is 132 Å². The lowest BCUT2D eigenvalue weighted by Gasteiger charge is -2.68. The number of hydrogen-bond donors (Lipinski definition) is 3. The number of halogens is 3. The zero-order valence-corrected chi connectivity index (χ0v) is 45.2. The average molecular weight is 1050 g/mol. The van der Waals surface area contributed by atoms with Gasteiger partial charge in [-0.15, -0.1) is 13.2 Å². The Morgan fingerprint density at radius 2 is 1.60 bits per heavy atom. The number of rotatable bonds is 17. The molecule has 1 unspecified atom stereocenters. The van der Waals surface area contributed by atoms with Crippen molar-refractivity contribution < 1.29 is 89.7 Å². The molecule has 3 saturated carbocycles. The minimum absolute atomic E-state index is 0.0169. The Hall–Kier alpha value is -4.57. The number of aliphatic hydroxyl groups excluding tert-OH is 1. The van der Waals surface area contributed by atoms with Crippen molar-refractivity contribution in [2.45, 2.75) is 206 Å². The van der Waals surface area contributed by atoms with E-state index in [1.54, 1.807) is 41.5 Å². The molecule has 1 aromatic carbocycles. The Morgan fingerprint density at radius 1 is 0.973 bits per heavy atom. The molecule has 6 rings (SSSR count). The highest BCUT2D eigenvalue weighted by atomic mass is 28.4. The summed E-state index contributed by atoms with van der Waals surface area (Å²) in [5.74, 6) is -8.00. The number of hydrogen-bond acceptors (Lipinski definition) is 16. The van der Waals surface area contributed by atoms with Gasteiger partial charge in [0.1, 0.15) is 35.3 Å². The fourth-order valence-corrected chi connectivity index (χ4v) is 14.6. The predicted octanol–water partition coefficient (Wildman–Crippen LogP) is 7.82. The number of carbonyl (C=O) groups excluding carboxylic acids is 6. The standard InChI is InChI=1S/C52H74F3NO16Si/c1-14-73(15-2,16-3)72-35-24-36-50(26-65-36,69-29(7)57)40-42(68-44(61)31-18-17-19-32(23-31)70-52(53,54)55)51(64)25-34(66-45(62)38(58)33(22-27(4)5)56-46(63)71-47(8,9)10)28(6)37(48(51,11)12)39(41(59)49(35,40)13)67-43(60)30-20-21-30/h17-19,23,27,30,33-36,38-40,42,58,64H,14-16,20-22,24-26H2,1-13H3,(H,56,63)/t33-,34-,35?,36+,38+,39+,40-,42-,49+,50-,51+/m0/s1. The van der Waals surface area contributed by atoms with Gasteiger partial charge >= 0.3 is 36.3 Å². The molecule has 1 saturated heterocycles. The second-order valence-electron chi connectivity index (χ2n) is 22.7. The first-order valence-electron chi connectivity index (χ1n) is 25.3. The van der Waals surface area contributed by atoms with Crippen molar-refractivity contribution in [3.8, 4) is 5.75 Å². The lowest BCUT2D eigenvalue weighted by atomic mass is 9.44. The number of aliphatic hydroxyl groups is 2. The fourth-order valence-electron chi connectivity index (χ4n) is 11.7. The van der Waals surface area contributed by atoms with Crippen LogP contribution in [0.4, 0.5) is 18.0 Å². The number of alkyl halides is 3. The van der Waals surface area contributed by atoms with Gasteiger partial charge in [0.05, 0.1) is 41.6 Å². The van der Waals surface area contributed by atoms with Crippen molar-refractivity contribution in [1.82, 2.24) is 5.32 Å². The highest BCUT2D eigenvalue weighted by molar-refractivity contribution is 6.73. The number of alkyl carbamates (subject to hydrolysis) is 1. The maximum Gasteiger partial charge on any atom is 0.573 e. The summed E-state index contributed by atoms with van der Waals surface area (Å²) in [5.41, 5.74) is -9.51. The molecule has 1 aliphatic heterocycles. The van der Waals surface area contributed by atoms with Crippen LogP contribution >= 0.6 is 0 Å². The third-order valence-electron chi connectivity index (χ3n) is 15.9. The number of fused-ring (bicyclic) bond motifs is 5. The summed E-state index contributed by atoms with van der Waals surface area (Å²) in [7, 11) is -2.76. The molecule has 17 nitrogen and oxygen atoms in total. The molecule has 0 aromatic heterocycles. The predicted molar refractivity (Wildman–Crippen MR) is 257 cm³/mol. The summed E-state index contributed by atoms with van der Waals surface area (Å²) in [6, 6.07) is 4.61. The summed E-state index contributed by atoms with van der Waals surface area (Å²) in [5, 5.41) is 28.4. The van der Waals surface area contributed by atoms with Crippen LogP contribution in [0.2, 0.25) is 18.1 Å². The van der Waals surface area contributed by atoms with Gasteiger partial charge in [-0.1, -0.05) is 54.5 Å². The molecule has 5 aliphatic rings. The molecule has 73 heavy (non-hydrogen) atoms. The first-order chi connectivity index (χ1) is 33.7. The smallest absolute Gasteiger partial charge is 0.456 e. The lowest BCUT2D eigenvalue weighted by Crippen LogP contribution is -2.82. The van der Waals surface area contributed by atoms with Crippen LogP contribution < -0.4 is 10.1 Å². The Kier molecular flexibility index (Phi) is 16.5. The quantitative estimate of drug-likeness (QED) is 0.0585. The molecule has 0 radical (unpaired) electrons. The Bertz CT molecular complexity index is 2320. The molecular weight excluding hydrogens is 980 g/mol. The van der Waals surface area contributed by atoms with Gasteiger partial charge in [0.25, 0.3) is 0 Å². The van der Waals surface area contributed by atoms with Gasteiger partial charge in [-0.05, 0) is 107 Å². The lowest BCUT2D eigenvalue weighted by molar-refractivity contribution is -0.344. The van der Waals surface area contributed by atoms with E-state index in [1.165, 1.54) is 20.8 Å². The Balaban J connectivity index is 1.63. The van der Waals surface area contributed by atoms with Crippen molar-refractivity contribution >= 4 is 44.1 Å². The van der Waals surface area contributed by atoms with Gasteiger partial charge in [-0.3, -0.25) is 14.4 Å². The van der Waals surface area contributed by atoms with Gasteiger partial charge in [-0.2, -0.15) is 0 Å². The minimum atomic E-state index is -5.15. The average Bonchev–Trinajstić information content (AvgIpc) is 4.13. The van der Waals surface area contributed by atoms with Crippen molar-refractivity contribution in [2.24, 2.45) is 28.6 Å². The molecule has 408 valence electrons. The van der Waals surface area contributed by atoms with E-state index >= 15 is 4.79 Å². The summed E-state index contributed by atoms with van der Waals surface area (Å²) in [4.78, 5) is 86.4. The molecule has 4 fully saturated rings. The van der Waals surface area contributed by atoms with Crippen molar-refractivity contribution in [2.75, 3.05) is 6.61 Å². The SMILES string of the molecule is CC[Si](CC)(CC)OC1C[C@H]2OC[C@@]2(OC(C)=O)[C@H]2[C@H](OC(=O)c3cccc(OC(F)(F)F)c3)[C@]3(O)C[C@H](OC(=O)[C@H](O)[C@H](CC(C)C)NC(=O)OC(C)(C)C)C(C)=C([C@@H](OC(=O)C4CC4)C(=O)[C@]12C)C3(C)C. The van der Waals surface area contributed by atoms with Crippen LogP contribution in [0, 0.1) is 28.6 Å². The van der Waals surface area contributed by atoms with E-state index in [4.69, 9.17) is 32.8 Å². The monoisotopic (exact) mass is 1050 g/mol. The highest BCUT2D eigenvalue weighted by Crippen LogP contribution is 2.65. The summed E-state index contributed by atoms with van der Waals surface area (Å²) < 4.78 is 89.0. The van der Waals surface area contributed by atoms with E-state index in [2.05, 4.69) is 10.1 Å². The van der Waals surface area contributed by atoms with Crippen molar-refractivity contribution in [3.63, 3.8) is 0 Å². The highest BCUT2D eigenvalue weighted by Gasteiger charge is 2.79. The molecule has 3 N–H and O–H groups in total. The van der Waals surface area contributed by atoms with Gasteiger partial charge in [-0.25, -0.2) is 14.4 Å². The van der Waals surface area contributed by atoms with Gasteiger partial charge < -0.3 is 53.1 Å². The van der Waals surface area contributed by atoms with Crippen molar-refractivity contribution in [1.29, 1.82) is 0 Å². The van der Waals surface area contributed by atoms with Crippen LogP contribution in [0.3, 0.4) is 0 Å². The van der Waals surface area contributed by atoms with Crippen molar-refractivity contribution in [3.05, 3.63) is 41.0 Å². The number of benzene rings is 1. The molecule has 1 aromatic rings. The number of nitrogens with one attached hydrogen (secondary N) is 1. The summed E-state index contributed by atoms with van der Waals surface area (Å²) in [6.07, 6.45) is -15.3. The Morgan fingerprint density at radius 3 is 2.12 bits per heavy atom. The van der Waals surface area contributed by atoms with Crippen LogP contribution in [0.5, 0.6) is 5.75 Å². The summed E-state index contributed by atoms with van der Waals surface area (Å²) in [6.45, 7) is 21.3. The number of Topliss-reactive ketones (excluding diaryl/α,β-unsaturated/α-hetero) is 1. The van der Waals surface area contributed by atoms with Gasteiger partial charge in [0.15, 0.2) is 31.9 Å². The first-order valence-corrected chi connectivity index (χ1v) is 27.9. The largest absolute Gasteiger partial charge is 0.573 e. The molecule has 21 heteroatoms. The maximum atomic E-state index is 16.5. The van der Waals surface area contributed by atoms with Crippen LogP contribution in [-0.2, 0) is 52.0 Å². The number of ketones is 1. The molecule has 0 spiro atoms. The maximum absolute atomic E-state index is 16.5. The van der Waals surface area contributed by atoms with E-state index < -0.39 is 150 Å². The van der Waals surface area contributed by atoms with E-state index in [1.807, 2.05) is 20.8 Å². The van der Waals surface area contributed by atoms with E-state index in [0.717, 1.165) is 31.2 Å². The Labute approximate surface area is 426 Å². The normalized spacial score (nSPS) is 30.8. The van der Waals surface area contributed by atoms with Gasteiger partial charge in [0.2, 0.25) is 0 Å². The zero-order valence-electron chi connectivity index (χ0n) is 44.2. The fraction of sp³-hybridized carbons (Fsp3) is 0.731. The van der Waals surface area contributed by atoms with E-state index in [0.29, 0.717) is 31.0 Å². The molecule has 11 atom stereocenters. The number of amides is 1. The zero-order chi connectivity index (χ0) is 54.6. The summed E-state index contributed by atoms with van der Waals surface area (Å²) >= 11 is 0. The molecule has 1 heterocycles. The second-order valence-corrected chi connectivity index (χ2v) is 27.4. The topological polar surface area (TPSA) is 229 Å². The molecular formula is C52H74F3NO16Si. The second kappa shape index (κ2) is 20.9. The molecule has 4 aliphatic carbocycles. The third kappa shape index (κ3) is 11.4. The van der Waals surface area contributed by atoms with Crippen LogP contribution in [0.25, 0.3) is 0 Å². The molecule has 1 amide bonds. The van der Waals surface area contributed by atoms with Gasteiger partial charge in [0, 0.05) is 25.2 Å². The molecule has 2 bridgehead atoms.